The summed E-state index contributed by atoms with van der Waals surface area (Å²) < 4.78 is 141. The van der Waals surface area contributed by atoms with Gasteiger partial charge < -0.3 is 15.0 Å². The number of nitrogens with zero attached hydrogens (tertiary/aromatic N) is 8. The molecule has 0 aliphatic rings. The molecule has 0 bridgehead atoms. The number of amides is 2. The van der Waals surface area contributed by atoms with Crippen LogP contribution in [0.1, 0.15) is 54.4 Å². The summed E-state index contributed by atoms with van der Waals surface area (Å²) in [5.41, 5.74) is 2.01. The van der Waals surface area contributed by atoms with Crippen molar-refractivity contribution < 1.29 is 57.9 Å². The van der Waals surface area contributed by atoms with Gasteiger partial charge in [-0.2, -0.15) is 4.73 Å². The first-order chi connectivity index (χ1) is 34.6. The van der Waals surface area contributed by atoms with Crippen molar-refractivity contribution in [3.05, 3.63) is 219 Å². The third kappa shape index (κ3) is 11.9. The van der Waals surface area contributed by atoms with Gasteiger partial charge in [-0.3, -0.25) is 23.7 Å². The highest BCUT2D eigenvalue weighted by molar-refractivity contribution is 7.98. The number of thioether (sulfide) groups is 1. The Kier molecular flexibility index (Phi) is 16.1. The SMILES string of the molecule is Cc1c[n+]([O-])ccc1CN(C)C(=O)c1cnc(S(=O)(=O)Cc2c(F)ccc(F)c2F)n1-c1ccc(F)cc1.Cc1cnccc1CN(C)C(=O)c1cnc(SCc2c(F)ccc(F)c2F)n1-c1ccc(F)cc1. The summed E-state index contributed by atoms with van der Waals surface area (Å²) in [6.45, 7) is 3.93. The number of hydrogen-bond acceptors (Lipinski definition) is 9. The van der Waals surface area contributed by atoms with Gasteiger partial charge in [0.05, 0.1) is 18.1 Å². The Labute approximate surface area is 416 Å². The fourth-order valence-electron chi connectivity index (χ4n) is 7.28. The smallest absolute Gasteiger partial charge is 0.272 e. The number of carbonyl (C=O) groups excluding carboxylic acids is 2. The van der Waals surface area contributed by atoms with Gasteiger partial charge in [-0.15, -0.1) is 0 Å². The van der Waals surface area contributed by atoms with Crippen molar-refractivity contribution in [1.29, 1.82) is 0 Å². The molecule has 8 rings (SSSR count). The second-order valence-corrected chi connectivity index (χ2v) is 19.1. The average molecular weight is 1050 g/mol. The van der Waals surface area contributed by atoms with Crippen LogP contribution >= 0.6 is 11.8 Å². The molecule has 0 spiro atoms. The number of rotatable bonds is 14. The number of sulfone groups is 1. The molecular formula is C50H40F8N8O5S2. The maximum absolute atomic E-state index is 14.3. The van der Waals surface area contributed by atoms with E-state index in [2.05, 4.69) is 15.0 Å². The first-order valence-electron chi connectivity index (χ1n) is 21.5. The minimum absolute atomic E-state index is 0.0303. The van der Waals surface area contributed by atoms with E-state index >= 15 is 0 Å². The molecule has 0 unspecified atom stereocenters. The molecule has 8 aromatic rings. The minimum Gasteiger partial charge on any atom is -0.619 e. The number of aromatic nitrogens is 6. The Bertz CT molecular complexity index is 3470. The quantitative estimate of drug-likeness (QED) is 0.0341. The van der Waals surface area contributed by atoms with Gasteiger partial charge in [0.2, 0.25) is 15.0 Å². The van der Waals surface area contributed by atoms with Crippen LogP contribution in [0.4, 0.5) is 35.1 Å². The van der Waals surface area contributed by atoms with E-state index in [9.17, 15) is 58.3 Å². The summed E-state index contributed by atoms with van der Waals surface area (Å²) >= 11 is 0.925. The van der Waals surface area contributed by atoms with Crippen molar-refractivity contribution >= 4 is 33.4 Å². The summed E-state index contributed by atoms with van der Waals surface area (Å²) in [5, 5.41) is 10.9. The molecule has 0 aliphatic carbocycles. The van der Waals surface area contributed by atoms with E-state index in [0.29, 0.717) is 40.2 Å². The number of hydrogen-bond donors (Lipinski definition) is 0. The molecule has 0 radical (unpaired) electrons. The maximum atomic E-state index is 14.3. The maximum Gasteiger partial charge on any atom is 0.272 e. The van der Waals surface area contributed by atoms with E-state index in [-0.39, 0.29) is 40.4 Å². The molecule has 0 N–H and O–H groups in total. The van der Waals surface area contributed by atoms with Crippen LogP contribution in [0.3, 0.4) is 0 Å². The average Bonchev–Trinajstić information content (AvgIpc) is 4.01. The molecule has 0 saturated carbocycles. The molecule has 23 heteroatoms. The fourth-order valence-corrected chi connectivity index (χ4v) is 9.75. The zero-order valence-corrected chi connectivity index (χ0v) is 40.5. The highest BCUT2D eigenvalue weighted by Gasteiger charge is 2.31. The summed E-state index contributed by atoms with van der Waals surface area (Å²) in [7, 11) is -1.60. The standard InChI is InChI=1S/C25H20F4N4O4S.C25H20F4N4OS/c1-15-12-32(35)10-9-16(15)13-31(2)24(34)22-11-30-25(33(22)18-5-3-17(26)4-6-18)38(36,37)14-19-20(27)7-8-21(28)23(19)29;1-15-11-30-10-9-16(15)13-32(2)24(34)22-12-31-25(33(22)18-5-3-17(26)4-6-18)35-14-19-20(27)7-8-21(28)23(19)29/h3-12H,13-14H2,1-2H3;3-12H,13-14H2,1-2H3. The second kappa shape index (κ2) is 22.2. The molecule has 0 aliphatic heterocycles. The number of carbonyl (C=O) groups is 2. The minimum atomic E-state index is -4.67. The van der Waals surface area contributed by atoms with Crippen LogP contribution in [0, 0.1) is 65.6 Å². The van der Waals surface area contributed by atoms with Gasteiger partial charge >= 0.3 is 0 Å². The highest BCUT2D eigenvalue weighted by Crippen LogP contribution is 2.31. The van der Waals surface area contributed by atoms with Crippen molar-refractivity contribution in [2.45, 2.75) is 48.8 Å². The summed E-state index contributed by atoms with van der Waals surface area (Å²) in [4.78, 5) is 41.7. The molecule has 13 nitrogen and oxygen atoms in total. The van der Waals surface area contributed by atoms with Crippen LogP contribution in [0.2, 0.25) is 0 Å². The second-order valence-electron chi connectivity index (χ2n) is 16.3. The summed E-state index contributed by atoms with van der Waals surface area (Å²) in [6.07, 6.45) is 8.25. The Morgan fingerprint density at radius 3 is 1.68 bits per heavy atom. The van der Waals surface area contributed by atoms with E-state index < -0.39 is 84.3 Å². The van der Waals surface area contributed by atoms with Gasteiger partial charge in [0.15, 0.2) is 40.8 Å². The Morgan fingerprint density at radius 2 is 1.12 bits per heavy atom. The largest absolute Gasteiger partial charge is 0.619 e. The number of imidazole rings is 2. The van der Waals surface area contributed by atoms with Crippen molar-refractivity contribution in [2.24, 2.45) is 0 Å². The van der Waals surface area contributed by atoms with Crippen LogP contribution < -0.4 is 4.73 Å². The van der Waals surface area contributed by atoms with Crippen LogP contribution in [-0.2, 0) is 34.4 Å². The molecule has 73 heavy (non-hydrogen) atoms. The molecular weight excluding hydrogens is 1010 g/mol. The highest BCUT2D eigenvalue weighted by atomic mass is 32.2. The third-order valence-electron chi connectivity index (χ3n) is 11.2. The fraction of sp³-hybridized carbons (Fsp3) is 0.160. The zero-order chi connectivity index (χ0) is 52.9. The third-order valence-corrected chi connectivity index (χ3v) is 13.7. The van der Waals surface area contributed by atoms with E-state index in [1.54, 1.807) is 26.4 Å². The normalized spacial score (nSPS) is 11.3. The number of benzene rings is 4. The number of aryl methyl sites for hydroxylation is 2. The van der Waals surface area contributed by atoms with Crippen molar-refractivity contribution in [2.75, 3.05) is 14.1 Å². The van der Waals surface area contributed by atoms with Crippen LogP contribution in [0.15, 0.2) is 132 Å². The lowest BCUT2D eigenvalue weighted by molar-refractivity contribution is -0.605. The van der Waals surface area contributed by atoms with Gasteiger partial charge in [-0.25, -0.2) is 53.5 Å². The lowest BCUT2D eigenvalue weighted by Gasteiger charge is -2.20. The summed E-state index contributed by atoms with van der Waals surface area (Å²) in [5.74, 6) is -11.4. The predicted octanol–water partition coefficient (Wildman–Crippen LogP) is 9.31. The van der Waals surface area contributed by atoms with Crippen LogP contribution in [0.5, 0.6) is 0 Å². The summed E-state index contributed by atoms with van der Waals surface area (Å²) in [6, 6.07) is 15.9. The molecule has 4 aromatic heterocycles. The molecule has 4 heterocycles. The van der Waals surface area contributed by atoms with Crippen LogP contribution in [-0.4, -0.2) is 68.2 Å². The molecule has 2 amide bonds. The van der Waals surface area contributed by atoms with Crippen molar-refractivity contribution in [1.82, 2.24) is 33.9 Å². The molecule has 4 aromatic carbocycles. The van der Waals surface area contributed by atoms with Gasteiger partial charge in [-0.05, 0) is 109 Å². The molecule has 0 atom stereocenters. The molecule has 378 valence electrons. The number of halogens is 8. The van der Waals surface area contributed by atoms with Gasteiger partial charge in [-0.1, -0.05) is 11.8 Å². The van der Waals surface area contributed by atoms with Gasteiger partial charge in [0, 0.05) is 79.5 Å². The Balaban J connectivity index is 0.000000214. The van der Waals surface area contributed by atoms with E-state index in [0.717, 1.165) is 57.9 Å². The topological polar surface area (TPSA) is 150 Å². The van der Waals surface area contributed by atoms with Gasteiger partial charge in [0.25, 0.3) is 11.8 Å². The Morgan fingerprint density at radius 1 is 0.630 bits per heavy atom. The molecule has 0 fully saturated rings. The lowest BCUT2D eigenvalue weighted by atomic mass is 10.1. The van der Waals surface area contributed by atoms with Crippen molar-refractivity contribution in [3.8, 4) is 11.4 Å². The Hall–Kier alpha value is -7.92. The predicted molar refractivity (Wildman–Crippen MR) is 251 cm³/mol. The first-order valence-corrected chi connectivity index (χ1v) is 24.1. The monoisotopic (exact) mass is 1050 g/mol. The number of pyridine rings is 2. The van der Waals surface area contributed by atoms with Gasteiger partial charge in [0.1, 0.15) is 34.7 Å². The first kappa shape index (κ1) is 52.9. The van der Waals surface area contributed by atoms with E-state index in [1.165, 1.54) is 82.5 Å². The van der Waals surface area contributed by atoms with Crippen LogP contribution in [0.25, 0.3) is 11.4 Å². The lowest BCUT2D eigenvalue weighted by Crippen LogP contribution is -2.30. The van der Waals surface area contributed by atoms with Crippen molar-refractivity contribution in [3.63, 3.8) is 0 Å². The van der Waals surface area contributed by atoms with E-state index in [4.69, 9.17) is 0 Å². The molecule has 0 saturated heterocycles. The van der Waals surface area contributed by atoms with E-state index in [1.807, 2.05) is 13.0 Å². The zero-order valence-electron chi connectivity index (χ0n) is 38.8.